The molecule has 1 N–H and O–H groups in total. The molecule has 136 valence electrons. The molecule has 1 aliphatic heterocycles. The van der Waals surface area contributed by atoms with Crippen molar-refractivity contribution < 1.29 is 9.90 Å². The van der Waals surface area contributed by atoms with Gasteiger partial charge in [-0.15, -0.1) is 0 Å². The largest absolute Gasteiger partial charge is 0.476 e. The summed E-state index contributed by atoms with van der Waals surface area (Å²) in [6, 6.07) is 15.4. The van der Waals surface area contributed by atoms with Crippen LogP contribution in [0.4, 0.5) is 0 Å². The molecule has 0 atom stereocenters. The van der Waals surface area contributed by atoms with Crippen molar-refractivity contribution in [1.29, 1.82) is 0 Å². The van der Waals surface area contributed by atoms with Crippen LogP contribution in [0.15, 0.2) is 53.5 Å². The summed E-state index contributed by atoms with van der Waals surface area (Å²) in [7, 11) is 0. The lowest BCUT2D eigenvalue weighted by molar-refractivity contribution is 0.0689. The summed E-state index contributed by atoms with van der Waals surface area (Å²) in [4.78, 5) is 20.9. The highest BCUT2D eigenvalue weighted by Crippen LogP contribution is 2.30. The van der Waals surface area contributed by atoms with Crippen LogP contribution in [0.5, 0.6) is 0 Å². The second kappa shape index (κ2) is 7.00. The van der Waals surface area contributed by atoms with Gasteiger partial charge >= 0.3 is 5.97 Å². The Morgan fingerprint density at radius 2 is 1.85 bits per heavy atom. The number of halogens is 1. The van der Waals surface area contributed by atoms with E-state index < -0.39 is 5.97 Å². The summed E-state index contributed by atoms with van der Waals surface area (Å²) in [5.74, 6) is -0.289. The van der Waals surface area contributed by atoms with Gasteiger partial charge in [0.1, 0.15) is 5.82 Å². The van der Waals surface area contributed by atoms with Gasteiger partial charge in [-0.3, -0.25) is 9.56 Å². The molecule has 0 saturated carbocycles. The van der Waals surface area contributed by atoms with Gasteiger partial charge in [0.15, 0.2) is 5.69 Å². The number of fused-ring (bicyclic) bond motifs is 3. The monoisotopic (exact) mass is 379 g/mol. The number of aromatic nitrogens is 2. The van der Waals surface area contributed by atoms with Crippen LogP contribution in [0.25, 0.3) is 5.69 Å². The maximum absolute atomic E-state index is 11.8. The van der Waals surface area contributed by atoms with Crippen molar-refractivity contribution in [3.05, 3.63) is 81.9 Å². The number of carboxylic acid groups (broad SMARTS) is 1. The highest BCUT2D eigenvalue weighted by molar-refractivity contribution is 6.35. The molecule has 3 aromatic rings. The molecule has 0 amide bonds. The Morgan fingerprint density at radius 3 is 2.56 bits per heavy atom. The fourth-order valence-corrected chi connectivity index (χ4v) is 3.71. The van der Waals surface area contributed by atoms with Crippen LogP contribution < -0.4 is 0 Å². The normalized spacial score (nSPS) is 12.7. The van der Waals surface area contributed by atoms with E-state index in [1.54, 1.807) is 0 Å². The van der Waals surface area contributed by atoms with Crippen LogP contribution in [0.3, 0.4) is 0 Å². The third kappa shape index (κ3) is 2.94. The number of carbonyl (C=O) groups is 1. The summed E-state index contributed by atoms with van der Waals surface area (Å²) in [5.41, 5.74) is 4.05. The van der Waals surface area contributed by atoms with E-state index in [0.29, 0.717) is 17.1 Å². The first-order valence-corrected chi connectivity index (χ1v) is 9.22. The lowest BCUT2D eigenvalue weighted by atomic mass is 10.0. The molecule has 0 aliphatic carbocycles. The molecule has 1 aromatic heterocycles. The summed E-state index contributed by atoms with van der Waals surface area (Å²) in [5, 5.41) is 10.3. The van der Waals surface area contributed by atoms with Gasteiger partial charge in [-0.2, -0.15) is 0 Å². The van der Waals surface area contributed by atoms with Gasteiger partial charge in [-0.1, -0.05) is 54.9 Å². The molecule has 5 nitrogen and oxygen atoms in total. The lowest BCUT2D eigenvalue weighted by Crippen LogP contribution is -2.09. The lowest BCUT2D eigenvalue weighted by Gasteiger charge is -2.14. The van der Waals surface area contributed by atoms with E-state index in [1.807, 2.05) is 53.1 Å². The number of benzene rings is 2. The number of imidazole rings is 1. The second-order valence-corrected chi connectivity index (χ2v) is 6.78. The number of hydrogen-bond donors (Lipinski definition) is 1. The molecular weight excluding hydrogens is 362 g/mol. The quantitative estimate of drug-likeness (QED) is 0.724. The third-order valence-electron chi connectivity index (χ3n) is 4.63. The minimum Gasteiger partial charge on any atom is -0.476 e. The van der Waals surface area contributed by atoms with Crippen molar-refractivity contribution >= 4 is 23.3 Å². The first-order chi connectivity index (χ1) is 13.1. The summed E-state index contributed by atoms with van der Waals surface area (Å²) < 4.78 is 1.95. The Bertz CT molecular complexity index is 1070. The Labute approximate surface area is 162 Å². The van der Waals surface area contributed by atoms with E-state index in [2.05, 4.69) is 11.9 Å². The molecule has 2 heterocycles. The van der Waals surface area contributed by atoms with E-state index in [0.717, 1.165) is 34.8 Å². The summed E-state index contributed by atoms with van der Waals surface area (Å²) in [6.07, 6.45) is 1.56. The molecule has 0 bridgehead atoms. The Morgan fingerprint density at radius 1 is 1.15 bits per heavy atom. The molecule has 0 saturated heterocycles. The highest BCUT2D eigenvalue weighted by Gasteiger charge is 2.27. The molecule has 4 rings (SSSR count). The molecule has 0 unspecified atom stereocenters. The zero-order valence-electron chi connectivity index (χ0n) is 14.8. The number of rotatable bonds is 4. The molecule has 0 fully saturated rings. The number of hydrogen-bond acceptors (Lipinski definition) is 3. The standard InChI is InChI=1S/C21H18ClN3O2/c1-2-7-18-24-20(21(26)27)17-12-23-19(13-8-3-5-10-15(13)22)14-9-4-6-11-16(14)25(17)18/h3-6,8-11H,2,7,12H2,1H3,(H,26,27). The van der Waals surface area contributed by atoms with Crippen LogP contribution in [-0.2, 0) is 13.0 Å². The minimum atomic E-state index is -1.03. The Balaban J connectivity index is 2.01. The van der Waals surface area contributed by atoms with E-state index >= 15 is 0 Å². The number of aromatic carboxylic acids is 1. The molecule has 0 radical (unpaired) electrons. The van der Waals surface area contributed by atoms with Crippen LogP contribution >= 0.6 is 11.6 Å². The Hall–Kier alpha value is -2.92. The summed E-state index contributed by atoms with van der Waals surface area (Å²) in [6.45, 7) is 2.28. The molecule has 1 aliphatic rings. The molecule has 0 spiro atoms. The number of aliphatic imine (C=N–C) groups is 1. The zero-order valence-corrected chi connectivity index (χ0v) is 15.6. The van der Waals surface area contributed by atoms with Crippen molar-refractivity contribution in [3.8, 4) is 5.69 Å². The second-order valence-electron chi connectivity index (χ2n) is 6.38. The van der Waals surface area contributed by atoms with Gasteiger partial charge in [0.2, 0.25) is 0 Å². The molecule has 2 aromatic carbocycles. The van der Waals surface area contributed by atoms with E-state index in [1.165, 1.54) is 0 Å². The molecular formula is C21H18ClN3O2. The van der Waals surface area contributed by atoms with Crippen LogP contribution in [0.1, 0.15) is 46.5 Å². The SMILES string of the molecule is CCCc1nc(C(=O)O)c2n1-c1ccccc1C(c1ccccc1Cl)=NC2. The maximum atomic E-state index is 11.8. The van der Waals surface area contributed by atoms with Gasteiger partial charge in [-0.05, 0) is 18.6 Å². The fourth-order valence-electron chi connectivity index (χ4n) is 3.49. The van der Waals surface area contributed by atoms with Crippen LogP contribution in [0, 0.1) is 0 Å². The highest BCUT2D eigenvalue weighted by atomic mass is 35.5. The van der Waals surface area contributed by atoms with Crippen molar-refractivity contribution in [2.24, 2.45) is 4.99 Å². The predicted molar refractivity (Wildman–Crippen MR) is 105 cm³/mol. The van der Waals surface area contributed by atoms with Gasteiger partial charge in [-0.25, -0.2) is 9.78 Å². The van der Waals surface area contributed by atoms with Crippen molar-refractivity contribution in [2.75, 3.05) is 0 Å². The predicted octanol–water partition coefficient (Wildman–Crippen LogP) is 4.53. The fraction of sp³-hybridized carbons (Fsp3) is 0.190. The number of carboxylic acids is 1. The smallest absolute Gasteiger partial charge is 0.356 e. The Kier molecular flexibility index (Phi) is 4.54. The van der Waals surface area contributed by atoms with E-state index in [4.69, 9.17) is 16.6 Å². The van der Waals surface area contributed by atoms with Gasteiger partial charge in [0, 0.05) is 22.6 Å². The van der Waals surface area contributed by atoms with E-state index in [9.17, 15) is 9.90 Å². The number of nitrogens with zero attached hydrogens (tertiary/aromatic N) is 3. The first-order valence-electron chi connectivity index (χ1n) is 8.84. The molecule has 27 heavy (non-hydrogen) atoms. The topological polar surface area (TPSA) is 67.5 Å². The van der Waals surface area contributed by atoms with Crippen LogP contribution in [-0.4, -0.2) is 26.3 Å². The van der Waals surface area contributed by atoms with E-state index in [-0.39, 0.29) is 12.2 Å². The summed E-state index contributed by atoms with van der Waals surface area (Å²) >= 11 is 6.43. The molecule has 6 heteroatoms. The van der Waals surface area contributed by atoms with Crippen molar-refractivity contribution in [2.45, 2.75) is 26.3 Å². The zero-order chi connectivity index (χ0) is 19.0. The van der Waals surface area contributed by atoms with Crippen molar-refractivity contribution in [1.82, 2.24) is 9.55 Å². The van der Waals surface area contributed by atoms with Crippen molar-refractivity contribution in [3.63, 3.8) is 0 Å². The van der Waals surface area contributed by atoms with Gasteiger partial charge in [0.05, 0.1) is 23.6 Å². The maximum Gasteiger partial charge on any atom is 0.356 e. The number of aryl methyl sites for hydroxylation is 1. The van der Waals surface area contributed by atoms with Crippen LogP contribution in [0.2, 0.25) is 5.02 Å². The minimum absolute atomic E-state index is 0.0670. The average molecular weight is 380 g/mol. The van der Waals surface area contributed by atoms with Gasteiger partial charge < -0.3 is 5.11 Å². The first kappa shape index (κ1) is 17.5. The number of para-hydroxylation sites is 1. The van der Waals surface area contributed by atoms with Gasteiger partial charge in [0.25, 0.3) is 0 Å². The third-order valence-corrected chi connectivity index (χ3v) is 4.96. The average Bonchev–Trinajstić information content (AvgIpc) is 2.93.